The fourth-order valence-corrected chi connectivity index (χ4v) is 3.54. The molecule has 1 aliphatic carbocycles. The van der Waals surface area contributed by atoms with Gasteiger partial charge in [-0.1, -0.05) is 28.4 Å². The van der Waals surface area contributed by atoms with Crippen LogP contribution in [-0.4, -0.2) is 22.3 Å². The largest absolute Gasteiger partial charge is 0.352 e. The summed E-state index contributed by atoms with van der Waals surface area (Å²) in [5.41, 5.74) is 1.62. The third kappa shape index (κ3) is 2.85. The summed E-state index contributed by atoms with van der Waals surface area (Å²) in [4.78, 5) is 17.0. The van der Waals surface area contributed by atoms with Crippen LogP contribution in [0, 0.1) is 5.92 Å². The van der Waals surface area contributed by atoms with E-state index in [4.69, 9.17) is 0 Å². The Morgan fingerprint density at radius 3 is 3.05 bits per heavy atom. The molecule has 104 valence electrons. The number of carbonyl (C=O) groups is 1. The van der Waals surface area contributed by atoms with Gasteiger partial charge in [-0.3, -0.25) is 9.78 Å². The zero-order valence-electron chi connectivity index (χ0n) is 11.2. The van der Waals surface area contributed by atoms with Gasteiger partial charge in [0.2, 0.25) is 0 Å². The van der Waals surface area contributed by atoms with Crippen molar-refractivity contribution in [3.05, 3.63) is 42.1 Å². The summed E-state index contributed by atoms with van der Waals surface area (Å²) in [6, 6.07) is 9.50. The number of alkyl halides is 1. The molecular weight excluding hydrogens is 316 g/mol. The van der Waals surface area contributed by atoms with Crippen LogP contribution in [0.25, 0.3) is 10.9 Å². The topological polar surface area (TPSA) is 42.0 Å². The number of hydrogen-bond acceptors (Lipinski definition) is 2. The molecule has 2 aromatic rings. The third-order valence-electron chi connectivity index (χ3n) is 3.96. The van der Waals surface area contributed by atoms with Gasteiger partial charge in [-0.15, -0.1) is 0 Å². The SMILES string of the molecule is O=C(NCC1CCCC1Br)c1ccc2ncccc2c1. The first-order valence-corrected chi connectivity index (χ1v) is 7.92. The number of benzene rings is 1. The summed E-state index contributed by atoms with van der Waals surface area (Å²) in [5, 5.41) is 4.05. The smallest absolute Gasteiger partial charge is 0.251 e. The summed E-state index contributed by atoms with van der Waals surface area (Å²) in [5.74, 6) is 0.559. The number of halogens is 1. The molecular formula is C16H17BrN2O. The molecule has 20 heavy (non-hydrogen) atoms. The van der Waals surface area contributed by atoms with Gasteiger partial charge in [-0.2, -0.15) is 0 Å². The van der Waals surface area contributed by atoms with Crippen molar-refractivity contribution in [1.82, 2.24) is 10.3 Å². The molecule has 1 N–H and O–H groups in total. The molecule has 4 heteroatoms. The number of pyridine rings is 1. The maximum absolute atomic E-state index is 12.2. The molecule has 1 amide bonds. The van der Waals surface area contributed by atoms with Gasteiger partial charge in [0.1, 0.15) is 0 Å². The zero-order chi connectivity index (χ0) is 13.9. The second-order valence-electron chi connectivity index (χ2n) is 5.33. The maximum atomic E-state index is 12.2. The lowest BCUT2D eigenvalue weighted by Gasteiger charge is -2.14. The van der Waals surface area contributed by atoms with Crippen molar-refractivity contribution in [3.63, 3.8) is 0 Å². The van der Waals surface area contributed by atoms with Crippen molar-refractivity contribution in [3.8, 4) is 0 Å². The minimum atomic E-state index is 0.00218. The molecule has 1 heterocycles. The summed E-state index contributed by atoms with van der Waals surface area (Å²) in [6.45, 7) is 0.750. The second kappa shape index (κ2) is 5.92. The zero-order valence-corrected chi connectivity index (χ0v) is 12.8. The molecule has 1 aromatic heterocycles. The van der Waals surface area contributed by atoms with Crippen LogP contribution in [0.1, 0.15) is 29.6 Å². The summed E-state index contributed by atoms with van der Waals surface area (Å²) in [7, 11) is 0. The van der Waals surface area contributed by atoms with Gasteiger partial charge in [-0.25, -0.2) is 0 Å². The lowest BCUT2D eigenvalue weighted by atomic mass is 10.1. The predicted molar refractivity (Wildman–Crippen MR) is 84.1 cm³/mol. The van der Waals surface area contributed by atoms with Crippen molar-refractivity contribution in [2.75, 3.05) is 6.54 Å². The number of fused-ring (bicyclic) bond motifs is 1. The number of hydrogen-bond donors (Lipinski definition) is 1. The number of nitrogens with one attached hydrogen (secondary N) is 1. The van der Waals surface area contributed by atoms with E-state index in [0.29, 0.717) is 16.3 Å². The van der Waals surface area contributed by atoms with Crippen LogP contribution in [-0.2, 0) is 0 Å². The molecule has 1 fully saturated rings. The number of amides is 1. The van der Waals surface area contributed by atoms with Crippen molar-refractivity contribution in [2.45, 2.75) is 24.1 Å². The quantitative estimate of drug-likeness (QED) is 0.873. The highest BCUT2D eigenvalue weighted by Crippen LogP contribution is 2.30. The Morgan fingerprint density at radius 1 is 1.35 bits per heavy atom. The molecule has 1 saturated carbocycles. The Labute approximate surface area is 126 Å². The van der Waals surface area contributed by atoms with E-state index in [0.717, 1.165) is 17.4 Å². The van der Waals surface area contributed by atoms with Crippen molar-refractivity contribution < 1.29 is 4.79 Å². The summed E-state index contributed by atoms with van der Waals surface area (Å²) in [6.07, 6.45) is 5.41. The Morgan fingerprint density at radius 2 is 2.25 bits per heavy atom. The van der Waals surface area contributed by atoms with Crippen LogP contribution in [0.15, 0.2) is 36.5 Å². The number of rotatable bonds is 3. The molecule has 2 unspecified atom stereocenters. The van der Waals surface area contributed by atoms with Gasteiger partial charge in [0, 0.05) is 28.5 Å². The van der Waals surface area contributed by atoms with Crippen LogP contribution in [0.3, 0.4) is 0 Å². The molecule has 3 nitrogen and oxygen atoms in total. The highest BCUT2D eigenvalue weighted by Gasteiger charge is 2.25. The lowest BCUT2D eigenvalue weighted by Crippen LogP contribution is -2.30. The highest BCUT2D eigenvalue weighted by atomic mass is 79.9. The van der Waals surface area contributed by atoms with E-state index in [1.165, 1.54) is 19.3 Å². The van der Waals surface area contributed by atoms with Crippen molar-refractivity contribution in [1.29, 1.82) is 0 Å². The monoisotopic (exact) mass is 332 g/mol. The molecule has 0 radical (unpaired) electrons. The number of carbonyl (C=O) groups excluding carboxylic acids is 1. The molecule has 0 bridgehead atoms. The van der Waals surface area contributed by atoms with Gasteiger partial charge >= 0.3 is 0 Å². The first-order valence-electron chi connectivity index (χ1n) is 7.01. The van der Waals surface area contributed by atoms with Gasteiger partial charge in [0.05, 0.1) is 5.52 Å². The van der Waals surface area contributed by atoms with Gasteiger partial charge in [0.15, 0.2) is 0 Å². The fourth-order valence-electron chi connectivity index (χ4n) is 2.76. The van der Waals surface area contributed by atoms with Crippen LogP contribution >= 0.6 is 15.9 Å². The second-order valence-corrected chi connectivity index (χ2v) is 6.50. The number of nitrogens with zero attached hydrogens (tertiary/aromatic N) is 1. The Hall–Kier alpha value is -1.42. The van der Waals surface area contributed by atoms with E-state index < -0.39 is 0 Å². The van der Waals surface area contributed by atoms with Crippen molar-refractivity contribution >= 4 is 32.7 Å². The minimum absolute atomic E-state index is 0.00218. The molecule has 0 spiro atoms. The maximum Gasteiger partial charge on any atom is 0.251 e. The molecule has 2 atom stereocenters. The minimum Gasteiger partial charge on any atom is -0.352 e. The van der Waals surface area contributed by atoms with Crippen molar-refractivity contribution in [2.24, 2.45) is 5.92 Å². The van der Waals surface area contributed by atoms with Crippen LogP contribution < -0.4 is 5.32 Å². The van der Waals surface area contributed by atoms with Gasteiger partial charge < -0.3 is 5.32 Å². The molecule has 0 saturated heterocycles. The third-order valence-corrected chi connectivity index (χ3v) is 5.16. The predicted octanol–water partition coefficient (Wildman–Crippen LogP) is 3.53. The summed E-state index contributed by atoms with van der Waals surface area (Å²) < 4.78 is 0. The average molecular weight is 333 g/mol. The summed E-state index contributed by atoms with van der Waals surface area (Å²) >= 11 is 3.68. The first kappa shape index (κ1) is 13.6. The van der Waals surface area contributed by atoms with E-state index in [1.807, 2.05) is 30.3 Å². The Bertz CT molecular complexity index is 629. The van der Waals surface area contributed by atoms with Crippen LogP contribution in [0.2, 0.25) is 0 Å². The van der Waals surface area contributed by atoms with Gasteiger partial charge in [0.25, 0.3) is 5.91 Å². The Kier molecular flexibility index (Phi) is 4.01. The van der Waals surface area contributed by atoms with E-state index >= 15 is 0 Å². The molecule has 1 aromatic carbocycles. The number of aromatic nitrogens is 1. The Balaban J connectivity index is 1.69. The van der Waals surface area contributed by atoms with Crippen LogP contribution in [0.5, 0.6) is 0 Å². The van der Waals surface area contributed by atoms with E-state index in [2.05, 4.69) is 26.2 Å². The molecule has 3 rings (SSSR count). The molecule has 0 aliphatic heterocycles. The van der Waals surface area contributed by atoms with Gasteiger partial charge in [-0.05, 0) is 43.0 Å². The first-order chi connectivity index (χ1) is 9.74. The van der Waals surface area contributed by atoms with Crippen LogP contribution in [0.4, 0.5) is 0 Å². The normalized spacial score (nSPS) is 22.1. The van der Waals surface area contributed by atoms with E-state index in [-0.39, 0.29) is 5.91 Å². The lowest BCUT2D eigenvalue weighted by molar-refractivity contribution is 0.0948. The van der Waals surface area contributed by atoms with E-state index in [1.54, 1.807) is 6.20 Å². The van der Waals surface area contributed by atoms with E-state index in [9.17, 15) is 4.79 Å². The average Bonchev–Trinajstić information content (AvgIpc) is 2.89. The highest BCUT2D eigenvalue weighted by molar-refractivity contribution is 9.09. The standard InChI is InChI=1S/C16H17BrN2O/c17-14-5-1-3-13(14)10-19-16(20)12-6-7-15-11(9-12)4-2-8-18-15/h2,4,6-9,13-14H,1,3,5,10H2,(H,19,20). The fraction of sp³-hybridized carbons (Fsp3) is 0.375. The molecule has 1 aliphatic rings.